The summed E-state index contributed by atoms with van der Waals surface area (Å²) in [5.74, 6) is -1.11. The Morgan fingerprint density at radius 3 is 2.23 bits per heavy atom. The van der Waals surface area contributed by atoms with Crippen molar-refractivity contribution in [2.75, 3.05) is 13.7 Å². The Morgan fingerprint density at radius 2 is 1.70 bits per heavy atom. The Balaban J connectivity index is 1.83. The van der Waals surface area contributed by atoms with Gasteiger partial charge in [0.1, 0.15) is 11.8 Å². The molecule has 0 unspecified atom stereocenters. The van der Waals surface area contributed by atoms with Crippen LogP contribution < -0.4 is 4.74 Å². The van der Waals surface area contributed by atoms with Crippen molar-refractivity contribution in [1.82, 2.24) is 9.21 Å². The molecule has 0 aromatic heterocycles. The molecule has 1 saturated carbocycles. The molecular weight excluding hydrogens is 408 g/mol. The second kappa shape index (κ2) is 7.73. The van der Waals surface area contributed by atoms with Crippen LogP contribution in [-0.4, -0.2) is 60.3 Å². The molecule has 0 radical (unpaired) electrons. The maximum absolute atomic E-state index is 13.3. The lowest BCUT2D eigenvalue weighted by Gasteiger charge is -2.45. The Kier molecular flexibility index (Phi) is 5.25. The standard InChI is InChI=1S/C21H22N2O6S/c1-29-16-11-7-14(8-12-16)19-20(21(25)26)22(13-18(24)23(19)15-9-10-15)30(27,28)17-5-3-2-4-6-17/h2-8,11-12,15,19-20H,9-10,13H2,1H3,(H,25,26)/t19-,20+/m1/s1. The van der Waals surface area contributed by atoms with Crippen molar-refractivity contribution in [3.8, 4) is 5.75 Å². The number of amides is 1. The van der Waals surface area contributed by atoms with E-state index in [2.05, 4.69) is 0 Å². The third-order valence-corrected chi connectivity index (χ3v) is 7.33. The number of nitrogens with zero attached hydrogens (tertiary/aromatic N) is 2. The Labute approximate surface area is 174 Å². The lowest BCUT2D eigenvalue weighted by Crippen LogP contribution is -2.62. The van der Waals surface area contributed by atoms with E-state index < -0.39 is 40.5 Å². The highest BCUT2D eigenvalue weighted by Gasteiger charge is 2.53. The molecule has 2 aromatic rings. The summed E-state index contributed by atoms with van der Waals surface area (Å²) in [6.45, 7) is -0.503. The molecule has 0 bridgehead atoms. The van der Waals surface area contributed by atoms with Gasteiger partial charge in [0, 0.05) is 6.04 Å². The molecule has 2 fully saturated rings. The van der Waals surface area contributed by atoms with Crippen LogP contribution in [0.4, 0.5) is 0 Å². The zero-order valence-electron chi connectivity index (χ0n) is 16.3. The minimum atomic E-state index is -4.19. The predicted molar refractivity (Wildman–Crippen MR) is 107 cm³/mol. The molecule has 1 aliphatic carbocycles. The van der Waals surface area contributed by atoms with Crippen molar-refractivity contribution in [3.05, 3.63) is 60.2 Å². The summed E-state index contributed by atoms with van der Waals surface area (Å²) in [5, 5.41) is 10.1. The van der Waals surface area contributed by atoms with E-state index in [1.807, 2.05) is 0 Å². The van der Waals surface area contributed by atoms with Gasteiger partial charge in [-0.3, -0.25) is 9.59 Å². The van der Waals surface area contributed by atoms with Crippen LogP contribution in [0.25, 0.3) is 0 Å². The summed E-state index contributed by atoms with van der Waals surface area (Å²) in [4.78, 5) is 26.9. The quantitative estimate of drug-likeness (QED) is 0.751. The number of carboxylic acid groups (broad SMARTS) is 1. The van der Waals surface area contributed by atoms with Gasteiger partial charge in [-0.1, -0.05) is 30.3 Å². The molecule has 30 heavy (non-hydrogen) atoms. The second-order valence-electron chi connectivity index (χ2n) is 7.40. The van der Waals surface area contributed by atoms with Gasteiger partial charge in [0.15, 0.2) is 0 Å². The Hall–Kier alpha value is -2.91. The van der Waals surface area contributed by atoms with Gasteiger partial charge >= 0.3 is 5.97 Å². The molecule has 158 valence electrons. The molecule has 1 amide bonds. The highest BCUT2D eigenvalue weighted by molar-refractivity contribution is 7.89. The van der Waals surface area contributed by atoms with Crippen LogP contribution >= 0.6 is 0 Å². The van der Waals surface area contributed by atoms with E-state index in [9.17, 15) is 23.1 Å². The monoisotopic (exact) mass is 430 g/mol. The van der Waals surface area contributed by atoms with Crippen molar-refractivity contribution < 1.29 is 27.9 Å². The van der Waals surface area contributed by atoms with Crippen molar-refractivity contribution in [2.24, 2.45) is 0 Å². The van der Waals surface area contributed by atoms with Crippen molar-refractivity contribution in [2.45, 2.75) is 35.9 Å². The highest BCUT2D eigenvalue weighted by atomic mass is 32.2. The predicted octanol–water partition coefficient (Wildman–Crippen LogP) is 1.89. The summed E-state index contributed by atoms with van der Waals surface area (Å²) in [6.07, 6.45) is 1.55. The summed E-state index contributed by atoms with van der Waals surface area (Å²) >= 11 is 0. The van der Waals surface area contributed by atoms with Crippen LogP contribution in [0.1, 0.15) is 24.4 Å². The van der Waals surface area contributed by atoms with Gasteiger partial charge in [0.2, 0.25) is 15.9 Å². The number of benzene rings is 2. The number of methoxy groups -OCH3 is 1. The average molecular weight is 430 g/mol. The summed E-state index contributed by atoms with van der Waals surface area (Å²) in [7, 11) is -2.67. The molecule has 2 aliphatic rings. The average Bonchev–Trinajstić information content (AvgIpc) is 3.58. The minimum Gasteiger partial charge on any atom is -0.497 e. The molecule has 1 aliphatic heterocycles. The molecule has 8 nitrogen and oxygen atoms in total. The first kappa shape index (κ1) is 20.4. The molecule has 9 heteroatoms. The smallest absolute Gasteiger partial charge is 0.324 e. The van der Waals surface area contributed by atoms with Crippen LogP contribution in [0.15, 0.2) is 59.5 Å². The van der Waals surface area contributed by atoms with E-state index >= 15 is 0 Å². The normalized spacial score (nSPS) is 22.7. The molecule has 4 rings (SSSR count). The van der Waals surface area contributed by atoms with Crippen LogP contribution in [0.5, 0.6) is 5.75 Å². The number of carbonyl (C=O) groups excluding carboxylic acids is 1. The fraction of sp³-hybridized carbons (Fsp3) is 0.333. The number of hydrogen-bond donors (Lipinski definition) is 1. The molecule has 0 spiro atoms. The molecule has 2 aromatic carbocycles. The zero-order chi connectivity index (χ0) is 21.5. The van der Waals surface area contributed by atoms with E-state index in [1.54, 1.807) is 47.4 Å². The molecule has 2 atom stereocenters. The lowest BCUT2D eigenvalue weighted by molar-refractivity contribution is -0.153. The van der Waals surface area contributed by atoms with Gasteiger partial charge in [-0.15, -0.1) is 0 Å². The largest absolute Gasteiger partial charge is 0.497 e. The van der Waals surface area contributed by atoms with Crippen LogP contribution in [0.3, 0.4) is 0 Å². The number of rotatable bonds is 6. The van der Waals surface area contributed by atoms with Gasteiger partial charge in [-0.05, 0) is 42.7 Å². The van der Waals surface area contributed by atoms with Gasteiger partial charge < -0.3 is 14.7 Å². The van der Waals surface area contributed by atoms with Gasteiger partial charge in [0.05, 0.1) is 24.6 Å². The molecular formula is C21H22N2O6S. The lowest BCUT2D eigenvalue weighted by atomic mass is 9.94. The number of hydrogen-bond acceptors (Lipinski definition) is 5. The highest BCUT2D eigenvalue weighted by Crippen LogP contribution is 2.42. The Morgan fingerprint density at radius 1 is 1.07 bits per heavy atom. The first-order valence-corrected chi connectivity index (χ1v) is 11.0. The van der Waals surface area contributed by atoms with Gasteiger partial charge in [-0.25, -0.2) is 8.42 Å². The number of piperazine rings is 1. The fourth-order valence-corrected chi connectivity index (χ4v) is 5.48. The maximum atomic E-state index is 13.3. The zero-order valence-corrected chi connectivity index (χ0v) is 17.2. The third kappa shape index (κ3) is 3.54. The van der Waals surface area contributed by atoms with E-state index in [-0.39, 0.29) is 10.9 Å². The van der Waals surface area contributed by atoms with Crippen LogP contribution in [0, 0.1) is 0 Å². The van der Waals surface area contributed by atoms with Crippen molar-refractivity contribution >= 4 is 21.9 Å². The SMILES string of the molecule is COc1ccc([C@@H]2[C@@H](C(=O)O)N(S(=O)(=O)c3ccccc3)CC(=O)N2C2CC2)cc1. The van der Waals surface area contributed by atoms with Crippen molar-refractivity contribution in [1.29, 1.82) is 0 Å². The number of carboxylic acids is 1. The summed E-state index contributed by atoms with van der Waals surface area (Å²) in [5.41, 5.74) is 0.552. The van der Waals surface area contributed by atoms with Gasteiger partial charge in [0.25, 0.3) is 0 Å². The maximum Gasteiger partial charge on any atom is 0.324 e. The first-order chi connectivity index (χ1) is 14.3. The number of ether oxygens (including phenoxy) is 1. The van der Waals surface area contributed by atoms with E-state index in [0.29, 0.717) is 11.3 Å². The first-order valence-electron chi connectivity index (χ1n) is 9.59. The second-order valence-corrected chi connectivity index (χ2v) is 9.29. The molecule has 1 N–H and O–H groups in total. The molecule has 1 saturated heterocycles. The topological polar surface area (TPSA) is 104 Å². The van der Waals surface area contributed by atoms with Crippen molar-refractivity contribution in [3.63, 3.8) is 0 Å². The molecule has 1 heterocycles. The Bertz CT molecular complexity index is 1050. The number of carbonyl (C=O) groups is 2. The third-order valence-electron chi connectivity index (χ3n) is 5.49. The number of aliphatic carboxylic acids is 1. The summed E-state index contributed by atoms with van der Waals surface area (Å²) in [6, 6.07) is 11.9. The van der Waals surface area contributed by atoms with Crippen LogP contribution in [0.2, 0.25) is 0 Å². The fourth-order valence-electron chi connectivity index (χ4n) is 3.93. The minimum absolute atomic E-state index is 0.0441. The van der Waals surface area contributed by atoms with Gasteiger partial charge in [-0.2, -0.15) is 4.31 Å². The van der Waals surface area contributed by atoms with Crippen LogP contribution in [-0.2, 0) is 19.6 Å². The van der Waals surface area contributed by atoms with E-state index in [4.69, 9.17) is 4.74 Å². The van der Waals surface area contributed by atoms with E-state index in [1.165, 1.54) is 19.2 Å². The number of sulfonamides is 1. The van der Waals surface area contributed by atoms with E-state index in [0.717, 1.165) is 17.1 Å². The summed E-state index contributed by atoms with van der Waals surface area (Å²) < 4.78 is 32.6.